The Kier molecular flexibility index (Phi) is 5.52. The molecule has 1 saturated carbocycles. The fourth-order valence-corrected chi connectivity index (χ4v) is 2.75. The van der Waals surface area contributed by atoms with Crippen LogP contribution in [0.1, 0.15) is 51.0 Å². The molecule has 1 aromatic carbocycles. The van der Waals surface area contributed by atoms with Crippen molar-refractivity contribution in [2.45, 2.75) is 58.1 Å². The molecule has 0 saturated heterocycles. The molecule has 1 fully saturated rings. The van der Waals surface area contributed by atoms with Crippen LogP contribution in [0.2, 0.25) is 0 Å². The first kappa shape index (κ1) is 14.2. The van der Waals surface area contributed by atoms with Gasteiger partial charge in [-0.25, -0.2) is 0 Å². The van der Waals surface area contributed by atoms with Gasteiger partial charge in [-0.3, -0.25) is 0 Å². The molecule has 0 amide bonds. The van der Waals surface area contributed by atoms with E-state index in [1.54, 1.807) is 0 Å². The monoisotopic (exact) mass is 263 g/mol. The molecule has 2 N–H and O–H groups in total. The first-order valence-electron chi connectivity index (χ1n) is 7.46. The van der Waals surface area contributed by atoms with Crippen LogP contribution in [-0.4, -0.2) is 17.8 Å². The van der Waals surface area contributed by atoms with Crippen LogP contribution in [-0.2, 0) is 6.61 Å². The first-order valence-corrected chi connectivity index (χ1v) is 7.46. The topological polar surface area (TPSA) is 41.5 Å². The Morgan fingerprint density at radius 2 is 1.95 bits per heavy atom. The Morgan fingerprint density at radius 3 is 2.58 bits per heavy atom. The Labute approximate surface area is 116 Å². The number of benzene rings is 1. The van der Waals surface area contributed by atoms with Gasteiger partial charge >= 0.3 is 0 Å². The van der Waals surface area contributed by atoms with Crippen molar-refractivity contribution in [1.82, 2.24) is 0 Å². The Bertz CT molecular complexity index is 384. The molecule has 0 spiro atoms. The zero-order valence-corrected chi connectivity index (χ0v) is 11.8. The maximum absolute atomic E-state index is 9.41. The Hall–Kier alpha value is -1.22. The second-order valence-electron chi connectivity index (χ2n) is 5.25. The van der Waals surface area contributed by atoms with Gasteiger partial charge in [0.15, 0.2) is 0 Å². The summed E-state index contributed by atoms with van der Waals surface area (Å²) in [6.07, 6.45) is 7.87. The number of anilines is 1. The lowest BCUT2D eigenvalue weighted by molar-refractivity contribution is 0.267. The van der Waals surface area contributed by atoms with Crippen molar-refractivity contribution >= 4 is 5.69 Å². The summed E-state index contributed by atoms with van der Waals surface area (Å²) in [6, 6.07) is 6.59. The summed E-state index contributed by atoms with van der Waals surface area (Å²) >= 11 is 0. The maximum atomic E-state index is 9.41. The van der Waals surface area contributed by atoms with E-state index in [1.165, 1.54) is 38.5 Å². The Morgan fingerprint density at radius 1 is 1.21 bits per heavy atom. The van der Waals surface area contributed by atoms with E-state index in [0.29, 0.717) is 12.6 Å². The van der Waals surface area contributed by atoms with E-state index in [0.717, 1.165) is 17.0 Å². The standard InChI is InChI=1S/C16H25NO2/c1-2-19-16-10-9-15(11-13(16)12-18)17-14-7-5-3-4-6-8-14/h9-11,14,17-18H,2-8,12H2,1H3. The SMILES string of the molecule is CCOc1ccc(NC2CCCCCC2)cc1CO. The zero-order chi connectivity index (χ0) is 13.5. The number of hydrogen-bond donors (Lipinski definition) is 2. The number of aliphatic hydroxyl groups is 1. The highest BCUT2D eigenvalue weighted by molar-refractivity contribution is 5.51. The van der Waals surface area contributed by atoms with Crippen LogP contribution in [0, 0.1) is 0 Å². The number of ether oxygens (including phenoxy) is 1. The van der Waals surface area contributed by atoms with Crippen LogP contribution in [0.4, 0.5) is 5.69 Å². The molecule has 0 heterocycles. The van der Waals surface area contributed by atoms with Gasteiger partial charge in [0, 0.05) is 17.3 Å². The number of hydrogen-bond acceptors (Lipinski definition) is 3. The molecule has 2 rings (SSSR count). The molecule has 0 radical (unpaired) electrons. The molecule has 0 bridgehead atoms. The summed E-state index contributed by atoms with van der Waals surface area (Å²) < 4.78 is 5.51. The first-order chi connectivity index (χ1) is 9.33. The number of nitrogens with one attached hydrogen (secondary N) is 1. The van der Waals surface area contributed by atoms with Gasteiger partial charge in [0.05, 0.1) is 13.2 Å². The molecule has 0 atom stereocenters. The molecule has 106 valence electrons. The van der Waals surface area contributed by atoms with E-state index < -0.39 is 0 Å². The van der Waals surface area contributed by atoms with E-state index in [4.69, 9.17) is 4.74 Å². The van der Waals surface area contributed by atoms with Crippen molar-refractivity contribution in [3.8, 4) is 5.75 Å². The van der Waals surface area contributed by atoms with Gasteiger partial charge in [0.25, 0.3) is 0 Å². The minimum atomic E-state index is 0.0233. The number of aliphatic hydroxyl groups excluding tert-OH is 1. The third-order valence-corrected chi connectivity index (χ3v) is 3.76. The molecular weight excluding hydrogens is 238 g/mol. The second kappa shape index (κ2) is 7.39. The normalized spacial score (nSPS) is 16.9. The van der Waals surface area contributed by atoms with Crippen molar-refractivity contribution in [2.24, 2.45) is 0 Å². The molecule has 1 aliphatic rings. The molecule has 1 aliphatic carbocycles. The van der Waals surface area contributed by atoms with Gasteiger partial charge in [-0.15, -0.1) is 0 Å². The molecule has 0 aromatic heterocycles. The van der Waals surface area contributed by atoms with Crippen molar-refractivity contribution in [3.63, 3.8) is 0 Å². The highest BCUT2D eigenvalue weighted by Crippen LogP contribution is 2.26. The molecule has 3 heteroatoms. The van der Waals surface area contributed by atoms with E-state index in [2.05, 4.69) is 11.4 Å². The second-order valence-corrected chi connectivity index (χ2v) is 5.25. The summed E-state index contributed by atoms with van der Waals surface area (Å²) in [4.78, 5) is 0. The van der Waals surface area contributed by atoms with Crippen molar-refractivity contribution in [1.29, 1.82) is 0 Å². The average Bonchev–Trinajstić information content (AvgIpc) is 2.69. The van der Waals surface area contributed by atoms with Crippen LogP contribution in [0.25, 0.3) is 0 Å². The molecule has 19 heavy (non-hydrogen) atoms. The minimum absolute atomic E-state index is 0.0233. The van der Waals surface area contributed by atoms with Crippen LogP contribution in [0.15, 0.2) is 18.2 Å². The molecular formula is C16H25NO2. The van der Waals surface area contributed by atoms with Crippen molar-refractivity contribution in [3.05, 3.63) is 23.8 Å². The van der Waals surface area contributed by atoms with Gasteiger partial charge in [0.1, 0.15) is 5.75 Å². The lowest BCUT2D eigenvalue weighted by atomic mass is 10.1. The van der Waals surface area contributed by atoms with Crippen LogP contribution < -0.4 is 10.1 Å². The lowest BCUT2D eigenvalue weighted by Gasteiger charge is -2.19. The minimum Gasteiger partial charge on any atom is -0.494 e. The predicted molar refractivity (Wildman–Crippen MR) is 78.6 cm³/mol. The van der Waals surface area contributed by atoms with E-state index in [9.17, 15) is 5.11 Å². The quantitative estimate of drug-likeness (QED) is 0.796. The highest BCUT2D eigenvalue weighted by atomic mass is 16.5. The summed E-state index contributed by atoms with van der Waals surface area (Å²) in [6.45, 7) is 2.61. The molecule has 0 aliphatic heterocycles. The summed E-state index contributed by atoms with van der Waals surface area (Å²) in [7, 11) is 0. The highest BCUT2D eigenvalue weighted by Gasteiger charge is 2.12. The summed E-state index contributed by atoms with van der Waals surface area (Å²) in [5.74, 6) is 0.788. The zero-order valence-electron chi connectivity index (χ0n) is 11.8. The largest absolute Gasteiger partial charge is 0.494 e. The van der Waals surface area contributed by atoms with E-state index in [-0.39, 0.29) is 6.61 Å². The molecule has 3 nitrogen and oxygen atoms in total. The van der Waals surface area contributed by atoms with Gasteiger partial charge in [-0.2, -0.15) is 0 Å². The maximum Gasteiger partial charge on any atom is 0.124 e. The fourth-order valence-electron chi connectivity index (χ4n) is 2.75. The third kappa shape index (κ3) is 4.13. The van der Waals surface area contributed by atoms with E-state index in [1.807, 2.05) is 19.1 Å². The smallest absolute Gasteiger partial charge is 0.124 e. The van der Waals surface area contributed by atoms with Gasteiger partial charge < -0.3 is 15.2 Å². The van der Waals surface area contributed by atoms with E-state index >= 15 is 0 Å². The van der Waals surface area contributed by atoms with Crippen LogP contribution in [0.3, 0.4) is 0 Å². The van der Waals surface area contributed by atoms with Gasteiger partial charge in [-0.1, -0.05) is 25.7 Å². The summed E-state index contributed by atoms with van der Waals surface area (Å²) in [5, 5.41) is 13.0. The van der Waals surface area contributed by atoms with Crippen molar-refractivity contribution < 1.29 is 9.84 Å². The lowest BCUT2D eigenvalue weighted by Crippen LogP contribution is -2.18. The molecule has 1 aromatic rings. The van der Waals surface area contributed by atoms with Crippen molar-refractivity contribution in [2.75, 3.05) is 11.9 Å². The average molecular weight is 263 g/mol. The number of rotatable bonds is 5. The van der Waals surface area contributed by atoms with Crippen LogP contribution in [0.5, 0.6) is 5.75 Å². The summed E-state index contributed by atoms with van der Waals surface area (Å²) in [5.41, 5.74) is 1.96. The fraction of sp³-hybridized carbons (Fsp3) is 0.625. The third-order valence-electron chi connectivity index (χ3n) is 3.76. The molecule has 0 unspecified atom stereocenters. The van der Waals surface area contributed by atoms with Gasteiger partial charge in [-0.05, 0) is 38.0 Å². The Balaban J connectivity index is 2.03. The predicted octanol–water partition coefficient (Wildman–Crippen LogP) is 3.71. The van der Waals surface area contributed by atoms with Crippen LogP contribution >= 0.6 is 0 Å². The van der Waals surface area contributed by atoms with Gasteiger partial charge in [0.2, 0.25) is 0 Å².